The Hall–Kier alpha value is -0.0800. The number of hydrogen-bond donors (Lipinski definition) is 0. The molecule has 0 aromatic rings. The van der Waals surface area contributed by atoms with Crippen molar-refractivity contribution in [2.24, 2.45) is 5.92 Å². The highest BCUT2D eigenvalue weighted by atomic mass is 16.5. The molecule has 0 amide bonds. The van der Waals surface area contributed by atoms with Crippen molar-refractivity contribution in [2.45, 2.75) is 32.2 Å². The van der Waals surface area contributed by atoms with Crippen LogP contribution in [-0.4, -0.2) is 37.2 Å². The fraction of sp³-hybridized carbons (Fsp3) is 1.00. The highest BCUT2D eigenvalue weighted by molar-refractivity contribution is 4.85. The Labute approximate surface area is 74.9 Å². The monoisotopic (exact) mass is 169 g/mol. The van der Waals surface area contributed by atoms with Crippen molar-refractivity contribution in [3.05, 3.63) is 0 Å². The van der Waals surface area contributed by atoms with Gasteiger partial charge in [0.1, 0.15) is 0 Å². The Bertz CT molecular complexity index is 137. The van der Waals surface area contributed by atoms with Gasteiger partial charge in [-0.2, -0.15) is 0 Å². The van der Waals surface area contributed by atoms with Crippen LogP contribution in [0, 0.1) is 5.92 Å². The summed E-state index contributed by atoms with van der Waals surface area (Å²) in [5.41, 5.74) is 0. The Morgan fingerprint density at radius 2 is 1.92 bits per heavy atom. The minimum absolute atomic E-state index is 0.849. The minimum Gasteiger partial charge on any atom is -0.381 e. The molecule has 2 heteroatoms. The molecule has 0 atom stereocenters. The van der Waals surface area contributed by atoms with Crippen LogP contribution >= 0.6 is 0 Å². The fourth-order valence-corrected chi connectivity index (χ4v) is 2.22. The van der Waals surface area contributed by atoms with Gasteiger partial charge >= 0.3 is 0 Å². The quantitative estimate of drug-likeness (QED) is 0.621. The van der Waals surface area contributed by atoms with Gasteiger partial charge in [0, 0.05) is 32.3 Å². The lowest BCUT2D eigenvalue weighted by molar-refractivity contribution is -0.0158. The topological polar surface area (TPSA) is 12.5 Å². The van der Waals surface area contributed by atoms with Gasteiger partial charge < -0.3 is 4.74 Å². The Balaban J connectivity index is 1.72. The summed E-state index contributed by atoms with van der Waals surface area (Å²) in [6.07, 6.45) is 3.88. The minimum atomic E-state index is 0.849. The SMILES string of the molecule is CCC1CN(C2CCOCC2)C1. The second-order valence-electron chi connectivity index (χ2n) is 4.07. The molecule has 2 heterocycles. The van der Waals surface area contributed by atoms with E-state index in [0.717, 1.165) is 25.2 Å². The first-order valence-corrected chi connectivity index (χ1v) is 5.22. The summed E-state index contributed by atoms with van der Waals surface area (Å²) in [4.78, 5) is 2.64. The van der Waals surface area contributed by atoms with Crippen LogP contribution in [0.2, 0.25) is 0 Å². The molecular formula is C10H19NO. The molecule has 0 bridgehead atoms. The van der Waals surface area contributed by atoms with E-state index in [1.807, 2.05) is 0 Å². The number of ether oxygens (including phenoxy) is 1. The third-order valence-electron chi connectivity index (χ3n) is 3.27. The lowest BCUT2D eigenvalue weighted by Crippen LogP contribution is -2.53. The van der Waals surface area contributed by atoms with Crippen molar-refractivity contribution >= 4 is 0 Å². The molecule has 0 saturated carbocycles. The van der Waals surface area contributed by atoms with E-state index in [4.69, 9.17) is 4.74 Å². The second kappa shape index (κ2) is 3.75. The maximum Gasteiger partial charge on any atom is 0.0480 e. The van der Waals surface area contributed by atoms with E-state index in [9.17, 15) is 0 Å². The van der Waals surface area contributed by atoms with E-state index in [1.54, 1.807) is 0 Å². The van der Waals surface area contributed by atoms with Gasteiger partial charge in [0.15, 0.2) is 0 Å². The first kappa shape index (κ1) is 8.52. The number of nitrogens with zero attached hydrogens (tertiary/aromatic N) is 1. The van der Waals surface area contributed by atoms with Crippen LogP contribution in [0.5, 0.6) is 0 Å². The summed E-state index contributed by atoms with van der Waals surface area (Å²) in [5, 5.41) is 0. The van der Waals surface area contributed by atoms with Crippen molar-refractivity contribution in [1.82, 2.24) is 4.90 Å². The normalized spacial score (nSPS) is 28.8. The summed E-state index contributed by atoms with van der Waals surface area (Å²) in [6.45, 7) is 6.96. The third kappa shape index (κ3) is 1.64. The van der Waals surface area contributed by atoms with Gasteiger partial charge in [-0.1, -0.05) is 13.3 Å². The molecular weight excluding hydrogens is 150 g/mol. The first-order valence-electron chi connectivity index (χ1n) is 5.22. The second-order valence-corrected chi connectivity index (χ2v) is 4.07. The van der Waals surface area contributed by atoms with Crippen molar-refractivity contribution in [2.75, 3.05) is 26.3 Å². The lowest BCUT2D eigenvalue weighted by Gasteiger charge is -2.45. The summed E-state index contributed by atoms with van der Waals surface area (Å²) in [6, 6.07) is 0.849. The molecule has 2 aliphatic heterocycles. The van der Waals surface area contributed by atoms with Crippen molar-refractivity contribution in [3.8, 4) is 0 Å². The Morgan fingerprint density at radius 1 is 1.25 bits per heavy atom. The molecule has 0 N–H and O–H groups in total. The largest absolute Gasteiger partial charge is 0.381 e. The zero-order valence-electron chi connectivity index (χ0n) is 7.96. The summed E-state index contributed by atoms with van der Waals surface area (Å²) < 4.78 is 5.34. The number of hydrogen-bond acceptors (Lipinski definition) is 2. The third-order valence-corrected chi connectivity index (χ3v) is 3.27. The van der Waals surface area contributed by atoms with Crippen LogP contribution in [0.4, 0.5) is 0 Å². The molecule has 2 fully saturated rings. The van der Waals surface area contributed by atoms with E-state index >= 15 is 0 Å². The smallest absolute Gasteiger partial charge is 0.0480 e. The summed E-state index contributed by atoms with van der Waals surface area (Å²) in [7, 11) is 0. The molecule has 2 nitrogen and oxygen atoms in total. The van der Waals surface area contributed by atoms with E-state index < -0.39 is 0 Å². The van der Waals surface area contributed by atoms with E-state index in [2.05, 4.69) is 11.8 Å². The van der Waals surface area contributed by atoms with Crippen molar-refractivity contribution in [1.29, 1.82) is 0 Å². The Morgan fingerprint density at radius 3 is 2.50 bits per heavy atom. The molecule has 70 valence electrons. The van der Waals surface area contributed by atoms with E-state index in [0.29, 0.717) is 0 Å². The maximum atomic E-state index is 5.34. The standard InChI is InChI=1S/C10H19NO/c1-2-9-7-11(8-9)10-3-5-12-6-4-10/h9-10H,2-8H2,1H3. The molecule has 0 radical (unpaired) electrons. The summed E-state index contributed by atoms with van der Waals surface area (Å²) in [5.74, 6) is 0.993. The van der Waals surface area contributed by atoms with Gasteiger partial charge in [-0.15, -0.1) is 0 Å². The van der Waals surface area contributed by atoms with Gasteiger partial charge in [0.2, 0.25) is 0 Å². The predicted octanol–water partition coefficient (Wildman–Crippen LogP) is 1.51. The maximum absolute atomic E-state index is 5.34. The van der Waals surface area contributed by atoms with Gasteiger partial charge in [0.05, 0.1) is 0 Å². The molecule has 2 saturated heterocycles. The van der Waals surface area contributed by atoms with Crippen LogP contribution in [-0.2, 0) is 4.74 Å². The number of rotatable bonds is 2. The molecule has 0 aromatic carbocycles. The van der Waals surface area contributed by atoms with E-state index in [1.165, 1.54) is 32.4 Å². The number of likely N-dealkylation sites (tertiary alicyclic amines) is 1. The van der Waals surface area contributed by atoms with Gasteiger partial charge in [-0.05, 0) is 18.8 Å². The van der Waals surface area contributed by atoms with Crippen LogP contribution in [0.1, 0.15) is 26.2 Å². The molecule has 2 rings (SSSR count). The highest BCUT2D eigenvalue weighted by Gasteiger charge is 2.31. The van der Waals surface area contributed by atoms with Crippen LogP contribution in [0.25, 0.3) is 0 Å². The van der Waals surface area contributed by atoms with Crippen LogP contribution in [0.15, 0.2) is 0 Å². The van der Waals surface area contributed by atoms with Gasteiger partial charge in [0.25, 0.3) is 0 Å². The first-order chi connectivity index (χ1) is 5.90. The predicted molar refractivity (Wildman–Crippen MR) is 49.2 cm³/mol. The molecule has 0 aliphatic carbocycles. The molecule has 0 aromatic heterocycles. The van der Waals surface area contributed by atoms with Crippen molar-refractivity contribution in [3.63, 3.8) is 0 Å². The zero-order chi connectivity index (χ0) is 8.39. The summed E-state index contributed by atoms with van der Waals surface area (Å²) >= 11 is 0. The molecule has 0 unspecified atom stereocenters. The van der Waals surface area contributed by atoms with Gasteiger partial charge in [-0.3, -0.25) is 4.90 Å². The van der Waals surface area contributed by atoms with E-state index in [-0.39, 0.29) is 0 Å². The molecule has 12 heavy (non-hydrogen) atoms. The van der Waals surface area contributed by atoms with Crippen LogP contribution in [0.3, 0.4) is 0 Å². The van der Waals surface area contributed by atoms with Crippen LogP contribution < -0.4 is 0 Å². The molecule has 0 spiro atoms. The average molecular weight is 169 g/mol. The van der Waals surface area contributed by atoms with Crippen molar-refractivity contribution < 1.29 is 4.74 Å². The van der Waals surface area contributed by atoms with Gasteiger partial charge in [-0.25, -0.2) is 0 Å². The zero-order valence-corrected chi connectivity index (χ0v) is 7.96. The molecule has 2 aliphatic rings. The fourth-order valence-electron chi connectivity index (χ4n) is 2.22. The average Bonchev–Trinajstić information content (AvgIpc) is 2.04. The highest BCUT2D eigenvalue weighted by Crippen LogP contribution is 2.25. The lowest BCUT2D eigenvalue weighted by atomic mass is 9.93. The Kier molecular flexibility index (Phi) is 2.66.